The van der Waals surface area contributed by atoms with E-state index in [4.69, 9.17) is 9.47 Å². The summed E-state index contributed by atoms with van der Waals surface area (Å²) >= 11 is 0. The van der Waals surface area contributed by atoms with Crippen molar-refractivity contribution >= 4 is 23.6 Å². The number of carbonyl (C=O) groups excluding carboxylic acids is 2. The highest BCUT2D eigenvalue weighted by atomic mass is 16.5. The zero-order valence-corrected chi connectivity index (χ0v) is 13.6. The summed E-state index contributed by atoms with van der Waals surface area (Å²) in [5, 5.41) is 2.68. The molecule has 0 aliphatic heterocycles. The molecule has 124 valence electrons. The molecule has 24 heavy (non-hydrogen) atoms. The van der Waals surface area contributed by atoms with Gasteiger partial charge in [-0.3, -0.25) is 4.79 Å². The second-order valence-electron chi connectivity index (χ2n) is 5.04. The zero-order valence-electron chi connectivity index (χ0n) is 13.6. The smallest absolute Gasteiger partial charge is 0.331 e. The van der Waals surface area contributed by atoms with Crippen LogP contribution in [0.5, 0.6) is 5.75 Å². The largest absolute Gasteiger partial charge is 0.497 e. The molecule has 1 N–H and O–H groups in total. The van der Waals surface area contributed by atoms with Gasteiger partial charge in [-0.05, 0) is 42.8 Å². The van der Waals surface area contributed by atoms with Gasteiger partial charge in [-0.25, -0.2) is 4.79 Å². The molecule has 1 atom stereocenters. The summed E-state index contributed by atoms with van der Waals surface area (Å²) in [5.41, 5.74) is 1.48. The normalized spacial score (nSPS) is 11.8. The van der Waals surface area contributed by atoms with Crippen molar-refractivity contribution in [3.63, 3.8) is 0 Å². The summed E-state index contributed by atoms with van der Waals surface area (Å²) in [6, 6.07) is 16.2. The van der Waals surface area contributed by atoms with Gasteiger partial charge in [0.2, 0.25) is 0 Å². The summed E-state index contributed by atoms with van der Waals surface area (Å²) < 4.78 is 10.2. The van der Waals surface area contributed by atoms with Gasteiger partial charge < -0.3 is 14.8 Å². The molecule has 0 fully saturated rings. The Labute approximate surface area is 140 Å². The number of hydrogen-bond acceptors (Lipinski definition) is 4. The first-order chi connectivity index (χ1) is 11.6. The Balaban J connectivity index is 1.86. The van der Waals surface area contributed by atoms with Gasteiger partial charge in [0.1, 0.15) is 5.75 Å². The summed E-state index contributed by atoms with van der Waals surface area (Å²) in [6.07, 6.45) is 2.01. The van der Waals surface area contributed by atoms with Crippen LogP contribution in [0, 0.1) is 0 Å². The van der Waals surface area contributed by atoms with Crippen LogP contribution in [-0.2, 0) is 14.3 Å². The molecule has 5 heteroatoms. The Bertz CT molecular complexity index is 708. The van der Waals surface area contributed by atoms with E-state index in [1.54, 1.807) is 37.5 Å². The van der Waals surface area contributed by atoms with Gasteiger partial charge in [-0.1, -0.05) is 30.3 Å². The molecule has 0 radical (unpaired) electrons. The van der Waals surface area contributed by atoms with Crippen molar-refractivity contribution in [1.82, 2.24) is 0 Å². The van der Waals surface area contributed by atoms with E-state index in [1.807, 2.05) is 30.3 Å². The lowest BCUT2D eigenvalue weighted by atomic mass is 10.2. The standard InChI is InChI=1S/C19H19NO4/c1-14(19(22)20-16-6-4-3-5-7-16)24-18(21)13-10-15-8-11-17(23-2)12-9-15/h3-14H,1-2H3,(H,20,22)/b13-10+/t14-/m1/s1. The van der Waals surface area contributed by atoms with Gasteiger partial charge in [0, 0.05) is 11.8 Å². The molecule has 0 heterocycles. The Morgan fingerprint density at radius 1 is 1.04 bits per heavy atom. The van der Waals surface area contributed by atoms with Crippen molar-refractivity contribution in [1.29, 1.82) is 0 Å². The van der Waals surface area contributed by atoms with Crippen LogP contribution in [-0.4, -0.2) is 25.1 Å². The maximum absolute atomic E-state index is 12.0. The number of para-hydroxylation sites is 1. The highest BCUT2D eigenvalue weighted by Crippen LogP contribution is 2.12. The molecule has 0 unspecified atom stereocenters. The van der Waals surface area contributed by atoms with Crippen molar-refractivity contribution in [2.45, 2.75) is 13.0 Å². The first-order valence-corrected chi connectivity index (χ1v) is 7.47. The van der Waals surface area contributed by atoms with E-state index in [-0.39, 0.29) is 5.91 Å². The molecule has 0 aliphatic rings. The third-order valence-corrected chi connectivity index (χ3v) is 3.23. The Morgan fingerprint density at radius 3 is 2.33 bits per heavy atom. The minimum absolute atomic E-state index is 0.382. The van der Waals surface area contributed by atoms with Gasteiger partial charge in [0.15, 0.2) is 6.10 Å². The Kier molecular flexibility index (Phi) is 6.14. The maximum Gasteiger partial charge on any atom is 0.331 e. The predicted octanol–water partition coefficient (Wildman–Crippen LogP) is 3.28. The van der Waals surface area contributed by atoms with E-state index in [0.29, 0.717) is 5.69 Å². The van der Waals surface area contributed by atoms with Crippen LogP contribution >= 0.6 is 0 Å². The number of esters is 1. The highest BCUT2D eigenvalue weighted by molar-refractivity contribution is 5.96. The topological polar surface area (TPSA) is 64.6 Å². The molecule has 0 spiro atoms. The summed E-state index contributed by atoms with van der Waals surface area (Å²) in [7, 11) is 1.59. The van der Waals surface area contributed by atoms with Crippen LogP contribution < -0.4 is 10.1 Å². The Morgan fingerprint density at radius 2 is 1.71 bits per heavy atom. The van der Waals surface area contributed by atoms with E-state index in [2.05, 4.69) is 5.32 Å². The van der Waals surface area contributed by atoms with Crippen LogP contribution in [0.4, 0.5) is 5.69 Å². The van der Waals surface area contributed by atoms with E-state index >= 15 is 0 Å². The molecule has 0 aliphatic carbocycles. The lowest BCUT2D eigenvalue weighted by Crippen LogP contribution is -2.29. The molecular weight excluding hydrogens is 306 g/mol. The molecule has 0 saturated heterocycles. The van der Waals surface area contributed by atoms with Gasteiger partial charge in [-0.15, -0.1) is 0 Å². The van der Waals surface area contributed by atoms with Gasteiger partial charge in [-0.2, -0.15) is 0 Å². The van der Waals surface area contributed by atoms with E-state index in [0.717, 1.165) is 11.3 Å². The number of benzene rings is 2. The number of rotatable bonds is 6. The quantitative estimate of drug-likeness (QED) is 0.654. The molecule has 5 nitrogen and oxygen atoms in total. The fourth-order valence-corrected chi connectivity index (χ4v) is 1.91. The van der Waals surface area contributed by atoms with Crippen LogP contribution in [0.1, 0.15) is 12.5 Å². The monoisotopic (exact) mass is 325 g/mol. The molecule has 1 amide bonds. The molecule has 2 aromatic carbocycles. The maximum atomic E-state index is 12.0. The van der Waals surface area contributed by atoms with Crippen molar-refractivity contribution in [2.75, 3.05) is 12.4 Å². The lowest BCUT2D eigenvalue weighted by molar-refractivity contribution is -0.148. The molecule has 2 rings (SSSR count). The van der Waals surface area contributed by atoms with Crippen LogP contribution in [0.25, 0.3) is 6.08 Å². The number of methoxy groups -OCH3 is 1. The second-order valence-corrected chi connectivity index (χ2v) is 5.04. The fourth-order valence-electron chi connectivity index (χ4n) is 1.91. The van der Waals surface area contributed by atoms with Crippen LogP contribution in [0.3, 0.4) is 0 Å². The SMILES string of the molecule is COc1ccc(/C=C/C(=O)O[C@H](C)C(=O)Nc2ccccc2)cc1. The van der Waals surface area contributed by atoms with Crippen molar-refractivity contribution in [3.05, 3.63) is 66.2 Å². The third kappa shape index (κ3) is 5.28. The number of anilines is 1. The first kappa shape index (κ1) is 17.3. The van der Waals surface area contributed by atoms with Crippen molar-refractivity contribution in [2.24, 2.45) is 0 Å². The molecule has 0 aromatic heterocycles. The minimum Gasteiger partial charge on any atom is -0.497 e. The van der Waals surface area contributed by atoms with E-state index in [9.17, 15) is 9.59 Å². The number of nitrogens with one attached hydrogen (secondary N) is 1. The van der Waals surface area contributed by atoms with Gasteiger partial charge in [0.25, 0.3) is 5.91 Å². The minimum atomic E-state index is -0.891. The second kappa shape index (κ2) is 8.53. The fraction of sp³-hybridized carbons (Fsp3) is 0.158. The molecule has 0 saturated carbocycles. The van der Waals surface area contributed by atoms with Crippen molar-refractivity contribution in [3.8, 4) is 5.75 Å². The molecular formula is C19H19NO4. The average Bonchev–Trinajstić information content (AvgIpc) is 2.61. The first-order valence-electron chi connectivity index (χ1n) is 7.47. The van der Waals surface area contributed by atoms with Gasteiger partial charge >= 0.3 is 5.97 Å². The predicted molar refractivity (Wildman–Crippen MR) is 92.7 cm³/mol. The number of amides is 1. The number of hydrogen-bond donors (Lipinski definition) is 1. The summed E-state index contributed by atoms with van der Waals surface area (Å²) in [5.74, 6) is -0.227. The van der Waals surface area contributed by atoms with Gasteiger partial charge in [0.05, 0.1) is 7.11 Å². The lowest BCUT2D eigenvalue weighted by Gasteiger charge is -2.12. The highest BCUT2D eigenvalue weighted by Gasteiger charge is 2.16. The summed E-state index contributed by atoms with van der Waals surface area (Å²) in [4.78, 5) is 23.8. The Hall–Kier alpha value is -3.08. The average molecular weight is 325 g/mol. The third-order valence-electron chi connectivity index (χ3n) is 3.23. The molecule has 2 aromatic rings. The van der Waals surface area contributed by atoms with Crippen LogP contribution in [0.2, 0.25) is 0 Å². The molecule has 0 bridgehead atoms. The number of carbonyl (C=O) groups is 2. The van der Waals surface area contributed by atoms with Crippen LogP contribution in [0.15, 0.2) is 60.7 Å². The zero-order chi connectivity index (χ0) is 17.4. The van der Waals surface area contributed by atoms with Crippen molar-refractivity contribution < 1.29 is 19.1 Å². The summed E-state index contributed by atoms with van der Waals surface area (Å²) in [6.45, 7) is 1.53. The number of ether oxygens (including phenoxy) is 2. The van der Waals surface area contributed by atoms with E-state index < -0.39 is 12.1 Å². The van der Waals surface area contributed by atoms with E-state index in [1.165, 1.54) is 13.0 Å².